The van der Waals surface area contributed by atoms with Gasteiger partial charge in [-0.2, -0.15) is 4.57 Å². The van der Waals surface area contributed by atoms with E-state index in [-0.39, 0.29) is 11.8 Å². The number of hydrogen-bond donors (Lipinski definition) is 0. The lowest BCUT2D eigenvalue weighted by Gasteiger charge is -2.11. The maximum absolute atomic E-state index is 12.6. The van der Waals surface area contributed by atoms with Crippen LogP contribution in [0.2, 0.25) is 0 Å². The minimum atomic E-state index is -0.439. The zero-order valence-corrected chi connectivity index (χ0v) is 12.8. The van der Waals surface area contributed by atoms with E-state index in [1.807, 2.05) is 42.1 Å². The van der Waals surface area contributed by atoms with E-state index in [0.717, 1.165) is 0 Å². The van der Waals surface area contributed by atoms with Crippen molar-refractivity contribution in [3.8, 4) is 11.5 Å². The van der Waals surface area contributed by atoms with E-state index in [4.69, 9.17) is 9.47 Å². The number of ether oxygens (including phenoxy) is 2. The number of Topliss-reactive ketones (excluding diaryl/α,β-unsaturated/α-hetero) is 1. The molecule has 5 heteroatoms. The fourth-order valence-corrected chi connectivity index (χ4v) is 2.11. The van der Waals surface area contributed by atoms with Gasteiger partial charge in [0.1, 0.15) is 0 Å². The number of carbonyl (C=O) groups excluding carboxylic acids is 2. The third kappa shape index (κ3) is 3.49. The number of carbonyl (C=O) groups is 2. The molecule has 1 aromatic carbocycles. The summed E-state index contributed by atoms with van der Waals surface area (Å²) >= 11 is 0. The molecule has 0 saturated carbocycles. The molecule has 1 heterocycles. The molecular weight excluding hydrogens is 282 g/mol. The summed E-state index contributed by atoms with van der Waals surface area (Å²) in [5, 5.41) is 0. The monoisotopic (exact) mass is 300 g/mol. The van der Waals surface area contributed by atoms with Crippen molar-refractivity contribution in [2.45, 2.75) is 19.9 Å². The SMILES string of the molecule is COc1cc(C(=O)[C@@H](C)[n+]2ccccc2)ccc1OC(C)=O. The van der Waals surface area contributed by atoms with Crippen LogP contribution in [-0.4, -0.2) is 18.9 Å². The first kappa shape index (κ1) is 15.7. The van der Waals surface area contributed by atoms with E-state index in [2.05, 4.69) is 0 Å². The van der Waals surface area contributed by atoms with Crippen LogP contribution >= 0.6 is 0 Å². The highest BCUT2D eigenvalue weighted by Gasteiger charge is 2.24. The minimum Gasteiger partial charge on any atom is -0.493 e. The summed E-state index contributed by atoms with van der Waals surface area (Å²) in [4.78, 5) is 23.6. The van der Waals surface area contributed by atoms with Gasteiger partial charge in [0.15, 0.2) is 23.9 Å². The van der Waals surface area contributed by atoms with Gasteiger partial charge in [-0.1, -0.05) is 6.07 Å². The predicted octanol–water partition coefficient (Wildman–Crippen LogP) is 2.35. The van der Waals surface area contributed by atoms with E-state index in [0.29, 0.717) is 17.1 Å². The van der Waals surface area contributed by atoms with Crippen molar-refractivity contribution in [3.05, 3.63) is 54.4 Å². The van der Waals surface area contributed by atoms with Crippen molar-refractivity contribution < 1.29 is 23.6 Å². The summed E-state index contributed by atoms with van der Waals surface area (Å²) in [6.07, 6.45) is 3.68. The largest absolute Gasteiger partial charge is 0.493 e. The fourth-order valence-electron chi connectivity index (χ4n) is 2.11. The molecule has 5 nitrogen and oxygen atoms in total. The lowest BCUT2D eigenvalue weighted by Crippen LogP contribution is -2.41. The van der Waals surface area contributed by atoms with Gasteiger partial charge in [0.05, 0.1) is 7.11 Å². The fraction of sp³-hybridized carbons (Fsp3) is 0.235. The van der Waals surface area contributed by atoms with Crippen LogP contribution in [0.5, 0.6) is 11.5 Å². The number of methoxy groups -OCH3 is 1. The predicted molar refractivity (Wildman–Crippen MR) is 80.0 cm³/mol. The van der Waals surface area contributed by atoms with Crippen LogP contribution in [0.3, 0.4) is 0 Å². The summed E-state index contributed by atoms with van der Waals surface area (Å²) in [5.41, 5.74) is 0.497. The smallest absolute Gasteiger partial charge is 0.308 e. The maximum atomic E-state index is 12.6. The zero-order valence-electron chi connectivity index (χ0n) is 12.8. The number of aromatic nitrogens is 1. The van der Waals surface area contributed by atoms with Gasteiger partial charge >= 0.3 is 5.97 Å². The van der Waals surface area contributed by atoms with Crippen LogP contribution in [0.15, 0.2) is 48.8 Å². The van der Waals surface area contributed by atoms with Gasteiger partial charge in [-0.05, 0) is 18.2 Å². The first-order valence-corrected chi connectivity index (χ1v) is 6.89. The van der Waals surface area contributed by atoms with Crippen molar-refractivity contribution in [3.63, 3.8) is 0 Å². The van der Waals surface area contributed by atoms with E-state index in [9.17, 15) is 9.59 Å². The van der Waals surface area contributed by atoms with E-state index >= 15 is 0 Å². The molecule has 0 unspecified atom stereocenters. The van der Waals surface area contributed by atoms with Crippen molar-refractivity contribution in [2.75, 3.05) is 7.11 Å². The lowest BCUT2D eigenvalue weighted by molar-refractivity contribution is -0.704. The van der Waals surface area contributed by atoms with Crippen molar-refractivity contribution in [1.82, 2.24) is 0 Å². The summed E-state index contributed by atoms with van der Waals surface area (Å²) in [5.74, 6) is 0.160. The number of esters is 1. The van der Waals surface area contributed by atoms with Gasteiger partial charge < -0.3 is 9.47 Å². The van der Waals surface area contributed by atoms with E-state index in [1.54, 1.807) is 18.2 Å². The minimum absolute atomic E-state index is 0.0520. The number of nitrogens with zero attached hydrogens (tertiary/aromatic N) is 1. The number of benzene rings is 1. The van der Waals surface area contributed by atoms with E-state index in [1.165, 1.54) is 14.0 Å². The van der Waals surface area contributed by atoms with Crippen LogP contribution in [-0.2, 0) is 4.79 Å². The van der Waals surface area contributed by atoms with Gasteiger partial charge in [0, 0.05) is 31.5 Å². The molecule has 114 valence electrons. The van der Waals surface area contributed by atoms with Crippen molar-refractivity contribution >= 4 is 11.8 Å². The number of hydrogen-bond acceptors (Lipinski definition) is 4. The Hall–Kier alpha value is -2.69. The average molecular weight is 300 g/mol. The molecule has 0 aliphatic rings. The Balaban J connectivity index is 2.28. The molecule has 0 aliphatic carbocycles. The van der Waals surface area contributed by atoms with Crippen molar-refractivity contribution in [1.29, 1.82) is 0 Å². The second-order valence-corrected chi connectivity index (χ2v) is 4.82. The Morgan fingerprint density at radius 2 is 1.77 bits per heavy atom. The third-order valence-electron chi connectivity index (χ3n) is 3.27. The van der Waals surface area contributed by atoms with Gasteiger partial charge in [0.25, 0.3) is 0 Å². The molecular formula is C17H18NO4+. The molecule has 0 bridgehead atoms. The molecule has 0 fully saturated rings. The summed E-state index contributed by atoms with van der Waals surface area (Å²) in [7, 11) is 1.46. The Labute approximate surface area is 129 Å². The number of rotatable bonds is 5. The van der Waals surface area contributed by atoms with Gasteiger partial charge in [-0.25, -0.2) is 0 Å². The number of ketones is 1. The first-order chi connectivity index (χ1) is 10.5. The van der Waals surface area contributed by atoms with Crippen LogP contribution in [0, 0.1) is 0 Å². The third-order valence-corrected chi connectivity index (χ3v) is 3.27. The highest BCUT2D eigenvalue weighted by Crippen LogP contribution is 2.29. The molecule has 1 aromatic heterocycles. The van der Waals surface area contributed by atoms with Crippen LogP contribution in [0.25, 0.3) is 0 Å². The number of pyridine rings is 1. The Kier molecular flexibility index (Phi) is 4.88. The lowest BCUT2D eigenvalue weighted by atomic mass is 10.0. The Bertz CT molecular complexity index is 682. The van der Waals surface area contributed by atoms with Gasteiger partial charge in [-0.15, -0.1) is 0 Å². The molecule has 1 atom stereocenters. The van der Waals surface area contributed by atoms with Gasteiger partial charge in [-0.3, -0.25) is 9.59 Å². The maximum Gasteiger partial charge on any atom is 0.308 e. The second-order valence-electron chi connectivity index (χ2n) is 4.82. The first-order valence-electron chi connectivity index (χ1n) is 6.89. The molecule has 0 spiro atoms. The zero-order chi connectivity index (χ0) is 16.1. The standard InChI is InChI=1S/C17H18NO4/c1-12(18-9-5-4-6-10-18)17(20)14-7-8-15(22-13(2)19)16(11-14)21-3/h4-12H,1-3H3/q+1/t12-/m1/s1. The van der Waals surface area contributed by atoms with Crippen LogP contribution in [0.1, 0.15) is 30.2 Å². The molecule has 2 rings (SSSR count). The normalized spacial score (nSPS) is 11.6. The van der Waals surface area contributed by atoms with Crippen LogP contribution < -0.4 is 14.0 Å². The van der Waals surface area contributed by atoms with Crippen molar-refractivity contribution in [2.24, 2.45) is 0 Å². The average Bonchev–Trinajstić information content (AvgIpc) is 2.54. The molecule has 0 N–H and O–H groups in total. The molecule has 22 heavy (non-hydrogen) atoms. The highest BCUT2D eigenvalue weighted by atomic mass is 16.6. The molecule has 0 radical (unpaired) electrons. The Morgan fingerprint density at radius 3 is 2.36 bits per heavy atom. The summed E-state index contributed by atoms with van der Waals surface area (Å²) < 4.78 is 12.1. The topological polar surface area (TPSA) is 56.5 Å². The molecule has 0 saturated heterocycles. The second kappa shape index (κ2) is 6.85. The highest BCUT2D eigenvalue weighted by molar-refractivity contribution is 5.98. The summed E-state index contributed by atoms with van der Waals surface area (Å²) in [6.45, 7) is 3.14. The summed E-state index contributed by atoms with van der Waals surface area (Å²) in [6, 6.07) is 10.1. The quantitative estimate of drug-likeness (QED) is 0.368. The van der Waals surface area contributed by atoms with Gasteiger partial charge in [0.2, 0.25) is 11.8 Å². The Morgan fingerprint density at radius 1 is 1.09 bits per heavy atom. The molecule has 0 aliphatic heterocycles. The molecule has 2 aromatic rings. The van der Waals surface area contributed by atoms with Crippen LogP contribution in [0.4, 0.5) is 0 Å². The molecule has 0 amide bonds. The van der Waals surface area contributed by atoms with E-state index < -0.39 is 5.97 Å².